The Kier molecular flexibility index (Phi) is 13.5. The number of nitrogens with zero attached hydrogens (tertiary/aromatic N) is 1. The first-order valence-corrected chi connectivity index (χ1v) is 12.3. The van der Waals surface area contributed by atoms with Gasteiger partial charge in [0.2, 0.25) is 0 Å². The van der Waals surface area contributed by atoms with Crippen LogP contribution in [0, 0.1) is 13.8 Å². The van der Waals surface area contributed by atoms with Gasteiger partial charge in [-0.1, -0.05) is 60.8 Å². The summed E-state index contributed by atoms with van der Waals surface area (Å²) in [7, 11) is 1.52. The minimum Gasteiger partial charge on any atom is -0.493 e. The molecule has 34 heavy (non-hydrogen) atoms. The average Bonchev–Trinajstić information content (AvgIpc) is 2.83. The second-order valence-corrected chi connectivity index (χ2v) is 8.43. The molecule has 0 aliphatic rings. The van der Waals surface area contributed by atoms with E-state index in [4.69, 9.17) is 14.2 Å². The summed E-state index contributed by atoms with van der Waals surface area (Å²) >= 11 is 0. The third kappa shape index (κ3) is 10.9. The van der Waals surface area contributed by atoms with E-state index in [9.17, 15) is 0 Å². The van der Waals surface area contributed by atoms with Gasteiger partial charge in [-0.3, -0.25) is 0 Å². The summed E-state index contributed by atoms with van der Waals surface area (Å²) in [4.78, 5) is 4.60. The number of rotatable bonds is 17. The molecule has 0 unspecified atom stereocenters. The Labute approximate surface area is 205 Å². The van der Waals surface area contributed by atoms with Crippen molar-refractivity contribution in [3.8, 4) is 11.5 Å². The Morgan fingerprint density at radius 2 is 1.50 bits per heavy atom. The monoisotopic (exact) mass is 467 g/mol. The van der Waals surface area contributed by atoms with Crippen LogP contribution in [-0.4, -0.2) is 33.1 Å². The normalized spacial score (nSPS) is 11.4. The zero-order valence-electron chi connectivity index (χ0n) is 21.3. The molecule has 0 aliphatic carbocycles. The SMILES string of the molecule is C/C=C/COc1cc(C)c(OCCCCCCCc2ccc(COC/C=N/OC)cc2)c(C)c1. The maximum Gasteiger partial charge on any atom is 0.125 e. The third-order valence-corrected chi connectivity index (χ3v) is 5.54. The van der Waals surface area contributed by atoms with Crippen molar-refractivity contribution in [2.24, 2.45) is 5.16 Å². The molecule has 5 nitrogen and oxygen atoms in total. The Morgan fingerprint density at radius 1 is 0.824 bits per heavy atom. The van der Waals surface area contributed by atoms with Gasteiger partial charge < -0.3 is 19.0 Å². The smallest absolute Gasteiger partial charge is 0.125 e. The standard InChI is InChI=1S/C29H41NO4/c1-5-6-18-33-28-21-24(2)29(25(3)22-28)34-19-11-9-7-8-10-12-26-13-15-27(16-14-26)23-32-20-17-30-31-4/h5-6,13-17,21-22H,7-12,18-20,23H2,1-4H3/b6-5+,30-17+. The molecule has 0 aliphatic heterocycles. The van der Waals surface area contributed by atoms with E-state index in [1.165, 1.54) is 43.9 Å². The topological polar surface area (TPSA) is 49.3 Å². The van der Waals surface area contributed by atoms with Crippen molar-refractivity contribution >= 4 is 6.21 Å². The van der Waals surface area contributed by atoms with Gasteiger partial charge in [0.25, 0.3) is 0 Å². The fraction of sp³-hybridized carbons (Fsp3) is 0.483. The number of allylic oxidation sites excluding steroid dienone is 1. The van der Waals surface area contributed by atoms with Gasteiger partial charge in [0.1, 0.15) is 25.2 Å². The van der Waals surface area contributed by atoms with Crippen molar-refractivity contribution in [1.29, 1.82) is 0 Å². The van der Waals surface area contributed by atoms with Crippen LogP contribution in [0.5, 0.6) is 11.5 Å². The first-order valence-electron chi connectivity index (χ1n) is 12.3. The highest BCUT2D eigenvalue weighted by Gasteiger charge is 2.07. The molecule has 0 heterocycles. The van der Waals surface area contributed by atoms with Gasteiger partial charge in [-0.05, 0) is 74.4 Å². The molecule has 2 aromatic carbocycles. The molecule has 0 saturated heterocycles. The lowest BCUT2D eigenvalue weighted by molar-refractivity contribution is 0.154. The van der Waals surface area contributed by atoms with Crippen LogP contribution in [0.1, 0.15) is 61.3 Å². The van der Waals surface area contributed by atoms with Crippen molar-refractivity contribution < 1.29 is 19.0 Å². The molecule has 2 aromatic rings. The Morgan fingerprint density at radius 3 is 2.21 bits per heavy atom. The molecular formula is C29H41NO4. The summed E-state index contributed by atoms with van der Waals surface area (Å²) in [5.41, 5.74) is 4.83. The molecule has 0 amide bonds. The molecule has 186 valence electrons. The Balaban J connectivity index is 1.56. The highest BCUT2D eigenvalue weighted by atomic mass is 16.6. The van der Waals surface area contributed by atoms with E-state index in [1.54, 1.807) is 6.21 Å². The maximum atomic E-state index is 6.09. The fourth-order valence-corrected chi connectivity index (χ4v) is 3.73. The minimum atomic E-state index is 0.457. The third-order valence-electron chi connectivity index (χ3n) is 5.54. The maximum absolute atomic E-state index is 6.09. The zero-order valence-corrected chi connectivity index (χ0v) is 21.3. The molecule has 0 fully saturated rings. The van der Waals surface area contributed by atoms with Crippen LogP contribution in [0.3, 0.4) is 0 Å². The van der Waals surface area contributed by atoms with Gasteiger partial charge in [0.15, 0.2) is 0 Å². The number of hydrogen-bond donors (Lipinski definition) is 0. The predicted octanol–water partition coefficient (Wildman–Crippen LogP) is 6.98. The zero-order chi connectivity index (χ0) is 24.4. The number of unbranched alkanes of at least 4 members (excludes halogenated alkanes) is 4. The van der Waals surface area contributed by atoms with Crippen LogP contribution in [0.4, 0.5) is 0 Å². The quantitative estimate of drug-likeness (QED) is 0.109. The van der Waals surface area contributed by atoms with E-state index < -0.39 is 0 Å². The van der Waals surface area contributed by atoms with E-state index in [0.29, 0.717) is 19.8 Å². The highest BCUT2D eigenvalue weighted by Crippen LogP contribution is 2.28. The van der Waals surface area contributed by atoms with Crippen LogP contribution in [0.25, 0.3) is 0 Å². The second-order valence-electron chi connectivity index (χ2n) is 8.43. The molecule has 0 N–H and O–H groups in total. The molecule has 0 atom stereocenters. The predicted molar refractivity (Wildman–Crippen MR) is 140 cm³/mol. The van der Waals surface area contributed by atoms with Gasteiger partial charge in [0, 0.05) is 0 Å². The van der Waals surface area contributed by atoms with Crippen LogP contribution in [0.2, 0.25) is 0 Å². The van der Waals surface area contributed by atoms with Crippen LogP contribution in [0.15, 0.2) is 53.7 Å². The Hall–Kier alpha value is -2.79. The lowest BCUT2D eigenvalue weighted by Crippen LogP contribution is -2.02. The van der Waals surface area contributed by atoms with Crippen molar-refractivity contribution in [3.05, 3.63) is 70.8 Å². The fourth-order valence-electron chi connectivity index (χ4n) is 3.73. The Bertz CT molecular complexity index is 851. The van der Waals surface area contributed by atoms with E-state index >= 15 is 0 Å². The van der Waals surface area contributed by atoms with Gasteiger partial charge in [-0.2, -0.15) is 0 Å². The van der Waals surface area contributed by atoms with E-state index in [0.717, 1.165) is 42.1 Å². The van der Waals surface area contributed by atoms with Crippen molar-refractivity contribution in [1.82, 2.24) is 0 Å². The van der Waals surface area contributed by atoms with Crippen LogP contribution < -0.4 is 9.47 Å². The van der Waals surface area contributed by atoms with E-state index in [-0.39, 0.29) is 0 Å². The van der Waals surface area contributed by atoms with Crippen molar-refractivity contribution in [2.45, 2.75) is 65.9 Å². The van der Waals surface area contributed by atoms with Crippen LogP contribution in [-0.2, 0) is 22.6 Å². The molecular weight excluding hydrogens is 426 g/mol. The largest absolute Gasteiger partial charge is 0.493 e. The summed E-state index contributed by atoms with van der Waals surface area (Å²) in [5.74, 6) is 1.90. The van der Waals surface area contributed by atoms with Gasteiger partial charge >= 0.3 is 0 Å². The summed E-state index contributed by atoms with van der Waals surface area (Å²) < 4.78 is 17.4. The summed E-state index contributed by atoms with van der Waals surface area (Å²) in [6.45, 7) is 8.58. The number of oxime groups is 1. The highest BCUT2D eigenvalue weighted by molar-refractivity contribution is 5.57. The lowest BCUT2D eigenvalue weighted by atomic mass is 10.0. The number of benzene rings is 2. The summed E-state index contributed by atoms with van der Waals surface area (Å²) in [6, 6.07) is 12.8. The van der Waals surface area contributed by atoms with Crippen molar-refractivity contribution in [3.63, 3.8) is 0 Å². The lowest BCUT2D eigenvalue weighted by Gasteiger charge is -2.14. The summed E-state index contributed by atoms with van der Waals surface area (Å²) in [5, 5.41) is 3.65. The molecule has 0 aromatic heterocycles. The molecule has 2 rings (SSSR count). The van der Waals surface area contributed by atoms with Gasteiger partial charge in [-0.15, -0.1) is 0 Å². The number of ether oxygens (including phenoxy) is 3. The first kappa shape index (κ1) is 27.5. The van der Waals surface area contributed by atoms with Gasteiger partial charge in [-0.25, -0.2) is 0 Å². The number of aryl methyl sites for hydroxylation is 3. The molecule has 0 spiro atoms. The second kappa shape index (κ2) is 16.8. The molecule has 5 heteroatoms. The molecule has 0 saturated carbocycles. The van der Waals surface area contributed by atoms with E-state index in [1.807, 2.05) is 19.1 Å². The summed E-state index contributed by atoms with van der Waals surface area (Å²) in [6.07, 6.45) is 12.7. The molecule has 0 radical (unpaired) electrons. The van der Waals surface area contributed by atoms with Crippen molar-refractivity contribution in [2.75, 3.05) is 26.9 Å². The average molecular weight is 468 g/mol. The minimum absolute atomic E-state index is 0.457. The number of hydrogen-bond acceptors (Lipinski definition) is 5. The molecule has 0 bridgehead atoms. The van der Waals surface area contributed by atoms with Crippen LogP contribution >= 0.6 is 0 Å². The van der Waals surface area contributed by atoms with E-state index in [2.05, 4.69) is 60.2 Å². The van der Waals surface area contributed by atoms with Gasteiger partial charge in [0.05, 0.1) is 26.0 Å². The first-order chi connectivity index (χ1) is 16.6.